The van der Waals surface area contributed by atoms with E-state index in [2.05, 4.69) is 16.6 Å². The van der Waals surface area contributed by atoms with Crippen LogP contribution in [0.3, 0.4) is 0 Å². The molecule has 2 aromatic rings. The summed E-state index contributed by atoms with van der Waals surface area (Å²) in [5.41, 5.74) is 2.25. The molecule has 1 atom stereocenters. The van der Waals surface area contributed by atoms with Gasteiger partial charge in [0.15, 0.2) is 4.34 Å². The highest BCUT2D eigenvalue weighted by molar-refractivity contribution is 8.01. The first-order valence-corrected chi connectivity index (χ1v) is 11.6. The fourth-order valence-electron chi connectivity index (χ4n) is 2.21. The van der Waals surface area contributed by atoms with Gasteiger partial charge < -0.3 is 0 Å². The topological polar surface area (TPSA) is 108 Å². The fraction of sp³-hybridized carbons (Fsp3) is 0.500. The first-order chi connectivity index (χ1) is 12.3. The highest BCUT2D eigenvalue weighted by Gasteiger charge is 2.28. The Labute approximate surface area is 161 Å². The highest BCUT2D eigenvalue weighted by Crippen LogP contribution is 2.31. The van der Waals surface area contributed by atoms with E-state index in [0.29, 0.717) is 0 Å². The van der Waals surface area contributed by atoms with Crippen molar-refractivity contribution in [2.45, 2.75) is 48.9 Å². The van der Waals surface area contributed by atoms with Crippen molar-refractivity contribution in [3.63, 3.8) is 0 Å². The molecule has 0 aliphatic carbocycles. The molecule has 0 aliphatic heterocycles. The van der Waals surface area contributed by atoms with Gasteiger partial charge in [-0.25, -0.2) is 18.9 Å². The van der Waals surface area contributed by atoms with Gasteiger partial charge in [0.1, 0.15) is 6.04 Å². The lowest BCUT2D eigenvalue weighted by Crippen LogP contribution is -2.48. The number of aromatic nitrogens is 1. The summed E-state index contributed by atoms with van der Waals surface area (Å²) in [7, 11) is -3.91. The lowest BCUT2D eigenvalue weighted by molar-refractivity contribution is -0.131. The minimum atomic E-state index is -3.91. The molecular weight excluding hydrogens is 394 g/mol. The second-order valence-electron chi connectivity index (χ2n) is 6.13. The van der Waals surface area contributed by atoms with Crippen LogP contribution in [0.1, 0.15) is 33.6 Å². The number of nitrogens with zero attached hydrogens (tertiary/aromatic N) is 1. The molecule has 0 saturated heterocycles. The van der Waals surface area contributed by atoms with E-state index in [4.69, 9.17) is 5.21 Å². The van der Waals surface area contributed by atoms with Crippen LogP contribution in [0.15, 0.2) is 27.4 Å². The molecule has 1 aromatic heterocycles. The number of benzene rings is 1. The Kier molecular flexibility index (Phi) is 7.42. The van der Waals surface area contributed by atoms with Crippen molar-refractivity contribution in [3.8, 4) is 0 Å². The zero-order valence-electron chi connectivity index (χ0n) is 14.9. The largest absolute Gasteiger partial charge is 0.289 e. The van der Waals surface area contributed by atoms with Gasteiger partial charge >= 0.3 is 0 Å². The molecule has 0 radical (unpaired) electrons. The molecular formula is C16H23N3O4S3. The van der Waals surface area contributed by atoms with Crippen LogP contribution in [0.4, 0.5) is 0 Å². The molecule has 0 aliphatic rings. The summed E-state index contributed by atoms with van der Waals surface area (Å²) in [5, 5.41) is 8.81. The van der Waals surface area contributed by atoms with Gasteiger partial charge in [-0.05, 0) is 30.5 Å². The van der Waals surface area contributed by atoms with E-state index in [1.165, 1.54) is 22.9 Å². The van der Waals surface area contributed by atoms with E-state index >= 15 is 0 Å². The summed E-state index contributed by atoms with van der Waals surface area (Å²) in [4.78, 5) is 16.3. The molecule has 2 rings (SSSR count). The van der Waals surface area contributed by atoms with Gasteiger partial charge in [-0.3, -0.25) is 10.0 Å². The minimum absolute atomic E-state index is 0.0650. The van der Waals surface area contributed by atoms with Crippen molar-refractivity contribution >= 4 is 49.2 Å². The van der Waals surface area contributed by atoms with Crippen molar-refractivity contribution < 1.29 is 18.4 Å². The molecule has 1 amide bonds. The lowest BCUT2D eigenvalue weighted by Gasteiger charge is -2.20. The van der Waals surface area contributed by atoms with Crippen LogP contribution in [-0.2, 0) is 14.8 Å². The molecule has 1 aromatic carbocycles. The second-order valence-corrected chi connectivity index (χ2v) is 10.2. The van der Waals surface area contributed by atoms with Gasteiger partial charge in [0.2, 0.25) is 10.0 Å². The van der Waals surface area contributed by atoms with Crippen LogP contribution in [-0.4, -0.2) is 36.3 Å². The maximum absolute atomic E-state index is 12.6. The molecule has 0 fully saturated rings. The van der Waals surface area contributed by atoms with Gasteiger partial charge in [0.25, 0.3) is 5.91 Å². The Hall–Kier alpha value is -1.20. The fourth-order valence-corrected chi connectivity index (χ4v) is 5.92. The molecule has 0 bridgehead atoms. The predicted octanol–water partition coefficient (Wildman–Crippen LogP) is 3.00. The van der Waals surface area contributed by atoms with E-state index in [1.54, 1.807) is 37.7 Å². The summed E-state index contributed by atoms with van der Waals surface area (Å²) in [6.07, 6.45) is 2.22. The highest BCUT2D eigenvalue weighted by atomic mass is 32.2. The first-order valence-electron chi connectivity index (χ1n) is 8.28. The summed E-state index contributed by atoms with van der Waals surface area (Å²) in [6, 6.07) is 3.63. The number of sulfonamides is 1. The summed E-state index contributed by atoms with van der Waals surface area (Å²) in [6.45, 7) is 5.51. The Balaban J connectivity index is 2.25. The number of unbranched alkanes of at least 4 members (excludes halogenated alkanes) is 1. The molecule has 10 heteroatoms. The molecule has 0 spiro atoms. The normalized spacial score (nSPS) is 13.3. The Morgan fingerprint density at radius 3 is 2.73 bits per heavy atom. The maximum Gasteiger partial charge on any atom is 0.261 e. The number of thioether (sulfide) groups is 1. The van der Waals surface area contributed by atoms with E-state index in [-0.39, 0.29) is 10.8 Å². The van der Waals surface area contributed by atoms with E-state index < -0.39 is 22.0 Å². The maximum atomic E-state index is 12.6. The van der Waals surface area contributed by atoms with E-state index in [9.17, 15) is 13.2 Å². The van der Waals surface area contributed by atoms with Crippen LogP contribution in [0.5, 0.6) is 0 Å². The van der Waals surface area contributed by atoms with Crippen molar-refractivity contribution in [1.29, 1.82) is 0 Å². The van der Waals surface area contributed by atoms with Crippen LogP contribution in [0.2, 0.25) is 0 Å². The minimum Gasteiger partial charge on any atom is -0.289 e. The van der Waals surface area contributed by atoms with E-state index in [1.807, 2.05) is 0 Å². The van der Waals surface area contributed by atoms with Crippen LogP contribution in [0, 0.1) is 5.92 Å². The average molecular weight is 418 g/mol. The van der Waals surface area contributed by atoms with Crippen LogP contribution >= 0.6 is 23.1 Å². The van der Waals surface area contributed by atoms with Gasteiger partial charge in [-0.15, -0.1) is 11.3 Å². The van der Waals surface area contributed by atoms with E-state index in [0.717, 1.165) is 33.2 Å². The van der Waals surface area contributed by atoms with Gasteiger partial charge in [0.05, 0.1) is 15.1 Å². The number of rotatable bonds is 9. The van der Waals surface area contributed by atoms with Gasteiger partial charge in [-0.2, -0.15) is 4.72 Å². The first kappa shape index (κ1) is 21.1. The third kappa shape index (κ3) is 5.17. The number of thiazole rings is 1. The number of hydrogen-bond donors (Lipinski definition) is 3. The number of amides is 1. The third-order valence-electron chi connectivity index (χ3n) is 3.72. The zero-order valence-corrected chi connectivity index (χ0v) is 17.3. The summed E-state index contributed by atoms with van der Waals surface area (Å²) in [5.74, 6) is -0.141. The number of nitrogens with one attached hydrogen (secondary N) is 2. The quantitative estimate of drug-likeness (QED) is 0.250. The SMILES string of the molecule is CCCCSc1nc2ccc(S(=O)(=O)N[C@@H](C(=O)NO)C(C)C)cc2s1. The lowest BCUT2D eigenvalue weighted by atomic mass is 10.1. The van der Waals surface area contributed by atoms with Crippen LogP contribution < -0.4 is 10.2 Å². The van der Waals surface area contributed by atoms with Crippen molar-refractivity contribution in [2.24, 2.45) is 5.92 Å². The van der Waals surface area contributed by atoms with Crippen molar-refractivity contribution in [2.75, 3.05) is 5.75 Å². The summed E-state index contributed by atoms with van der Waals surface area (Å²) >= 11 is 3.12. The molecule has 3 N–H and O–H groups in total. The number of carbonyl (C=O) groups is 1. The van der Waals surface area contributed by atoms with Gasteiger partial charge in [-0.1, -0.05) is 39.0 Å². The smallest absolute Gasteiger partial charge is 0.261 e. The number of fused-ring (bicyclic) bond motifs is 1. The van der Waals surface area contributed by atoms with Crippen molar-refractivity contribution in [3.05, 3.63) is 18.2 Å². The predicted molar refractivity (Wildman–Crippen MR) is 104 cm³/mol. The second kappa shape index (κ2) is 9.14. The van der Waals surface area contributed by atoms with Gasteiger partial charge in [0, 0.05) is 5.75 Å². The Morgan fingerprint density at radius 2 is 2.12 bits per heavy atom. The molecule has 0 unspecified atom stereocenters. The summed E-state index contributed by atoms with van der Waals surface area (Å²) < 4.78 is 29.3. The standard InChI is InChI=1S/C16H23N3O4S3/c1-4-5-8-24-16-17-12-7-6-11(9-13(12)25-16)26(22,23)19-14(10(2)3)15(20)18-21/h6-7,9-10,14,19,21H,4-5,8H2,1-3H3,(H,18,20)/t14-/m1/s1. The van der Waals surface area contributed by atoms with Crippen LogP contribution in [0.25, 0.3) is 10.2 Å². The number of hydroxylamine groups is 1. The monoisotopic (exact) mass is 417 g/mol. The zero-order chi connectivity index (χ0) is 19.3. The Morgan fingerprint density at radius 1 is 1.38 bits per heavy atom. The van der Waals surface area contributed by atoms with Crippen molar-refractivity contribution in [1.82, 2.24) is 15.2 Å². The molecule has 7 nitrogen and oxygen atoms in total. The molecule has 0 saturated carbocycles. The Bertz CT molecular complexity index is 865. The number of hydrogen-bond acceptors (Lipinski definition) is 7. The number of carbonyl (C=O) groups excluding carboxylic acids is 1. The molecule has 1 heterocycles. The molecule has 26 heavy (non-hydrogen) atoms. The molecule has 144 valence electrons. The third-order valence-corrected chi connectivity index (χ3v) is 7.40. The average Bonchev–Trinajstić information content (AvgIpc) is 3.01.